The van der Waals surface area contributed by atoms with Crippen LogP contribution in [0.3, 0.4) is 0 Å². The molecule has 0 bridgehead atoms. The fourth-order valence-corrected chi connectivity index (χ4v) is 4.69. The Bertz CT molecular complexity index is 1400. The predicted octanol–water partition coefficient (Wildman–Crippen LogP) is 3.27. The second kappa shape index (κ2) is 8.96. The molecule has 0 unspecified atom stereocenters. The first-order valence-electron chi connectivity index (χ1n) is 10.1. The largest absolute Gasteiger partial charge is 0.497 e. The van der Waals surface area contributed by atoms with Crippen LogP contribution in [0.25, 0.3) is 0 Å². The van der Waals surface area contributed by atoms with Gasteiger partial charge in [0, 0.05) is 6.42 Å². The molecule has 0 saturated carbocycles. The van der Waals surface area contributed by atoms with Gasteiger partial charge in [-0.2, -0.15) is 0 Å². The van der Waals surface area contributed by atoms with E-state index in [1.54, 1.807) is 7.11 Å². The molecule has 34 heavy (non-hydrogen) atoms. The zero-order valence-electron chi connectivity index (χ0n) is 18.3. The number of ether oxygens (including phenoxy) is 2. The molecule has 4 rings (SSSR count). The van der Waals surface area contributed by atoms with Gasteiger partial charge in [-0.05, 0) is 48.2 Å². The highest BCUT2D eigenvalue weighted by atomic mass is 32.2. The number of aromatic carboxylic acids is 1. The Labute approximate surface area is 196 Å². The highest BCUT2D eigenvalue weighted by molar-refractivity contribution is 7.93. The van der Waals surface area contributed by atoms with E-state index >= 15 is 0 Å². The number of nitrogens with zero attached hydrogens (tertiary/aromatic N) is 2. The van der Waals surface area contributed by atoms with E-state index < -0.39 is 22.0 Å². The van der Waals surface area contributed by atoms with E-state index in [0.29, 0.717) is 22.0 Å². The number of methoxy groups -OCH3 is 1. The molecule has 1 N–H and O–H groups in total. The number of carboxylic acids is 1. The normalized spacial score (nSPS) is 16.3. The molecule has 0 aromatic heterocycles. The number of carbonyl (C=O) groups is 2. The van der Waals surface area contributed by atoms with Crippen molar-refractivity contribution in [3.63, 3.8) is 0 Å². The first-order valence-corrected chi connectivity index (χ1v) is 11.5. The van der Waals surface area contributed by atoms with Gasteiger partial charge in [0.2, 0.25) is 5.88 Å². The minimum atomic E-state index is -4.14. The van der Waals surface area contributed by atoms with Gasteiger partial charge in [0.25, 0.3) is 10.0 Å². The van der Waals surface area contributed by atoms with Crippen LogP contribution in [-0.4, -0.2) is 41.8 Å². The standard InChI is InChI=1S/C24H20N2O7S/c1-16-22-25(15-21(33-22)8-4-6-17-5-3-7-20(13-17)32-2)24(29)26(34(16,30)31)14-18-9-11-19(12-10-18)23(27)28/h3,5,7,9-13,15H,6,14H2,1-2H3,(H,27,28). The lowest BCUT2D eigenvalue weighted by atomic mass is 10.1. The van der Waals surface area contributed by atoms with E-state index in [2.05, 4.69) is 11.8 Å². The zero-order chi connectivity index (χ0) is 24.5. The van der Waals surface area contributed by atoms with Crippen LogP contribution < -0.4 is 4.74 Å². The first-order chi connectivity index (χ1) is 16.2. The third kappa shape index (κ3) is 4.33. The van der Waals surface area contributed by atoms with Crippen molar-refractivity contribution in [2.75, 3.05) is 7.11 Å². The number of fused-ring (bicyclic) bond motifs is 1. The van der Waals surface area contributed by atoms with Crippen LogP contribution in [0, 0.1) is 11.8 Å². The third-order valence-electron chi connectivity index (χ3n) is 5.23. The summed E-state index contributed by atoms with van der Waals surface area (Å²) in [4.78, 5) is 25.0. The van der Waals surface area contributed by atoms with E-state index in [1.807, 2.05) is 24.3 Å². The van der Waals surface area contributed by atoms with E-state index in [9.17, 15) is 18.0 Å². The lowest BCUT2D eigenvalue weighted by molar-refractivity contribution is 0.0696. The Morgan fingerprint density at radius 3 is 2.56 bits per heavy atom. The average molecular weight is 480 g/mol. The third-order valence-corrected chi connectivity index (χ3v) is 7.05. The molecule has 0 aliphatic carbocycles. The first kappa shape index (κ1) is 22.9. The van der Waals surface area contributed by atoms with E-state index in [-0.39, 0.29) is 28.7 Å². The summed E-state index contributed by atoms with van der Waals surface area (Å²) in [6.45, 7) is 1.10. The molecule has 0 radical (unpaired) electrons. The molecule has 0 saturated heterocycles. The van der Waals surface area contributed by atoms with Crippen molar-refractivity contribution in [1.82, 2.24) is 9.21 Å². The Morgan fingerprint density at radius 2 is 1.88 bits per heavy atom. The predicted molar refractivity (Wildman–Crippen MR) is 121 cm³/mol. The Hall–Kier alpha value is -4.23. The molecule has 2 aromatic carbocycles. The number of allylic oxidation sites excluding steroid dienone is 2. The van der Waals surface area contributed by atoms with E-state index in [4.69, 9.17) is 14.6 Å². The fourth-order valence-electron chi connectivity index (χ4n) is 3.38. The van der Waals surface area contributed by atoms with Crippen molar-refractivity contribution in [2.24, 2.45) is 0 Å². The summed E-state index contributed by atoms with van der Waals surface area (Å²) >= 11 is 0. The summed E-state index contributed by atoms with van der Waals surface area (Å²) in [7, 11) is -2.56. The molecule has 9 nitrogen and oxygen atoms in total. The maximum absolute atomic E-state index is 13.0. The minimum absolute atomic E-state index is 0.0583. The topological polar surface area (TPSA) is 113 Å². The second-order valence-corrected chi connectivity index (χ2v) is 9.46. The van der Waals surface area contributed by atoms with Crippen LogP contribution in [0.1, 0.15) is 28.4 Å². The Morgan fingerprint density at radius 1 is 1.15 bits per heavy atom. The molecular formula is C24H20N2O7S. The molecule has 174 valence electrons. The second-order valence-electron chi connectivity index (χ2n) is 7.45. The van der Waals surface area contributed by atoms with Crippen LogP contribution in [0.4, 0.5) is 4.79 Å². The molecule has 2 amide bonds. The lowest BCUT2D eigenvalue weighted by Crippen LogP contribution is -2.47. The maximum atomic E-state index is 13.0. The number of hydrogen-bond donors (Lipinski definition) is 1. The summed E-state index contributed by atoms with van der Waals surface area (Å²) < 4.78 is 37.5. The van der Waals surface area contributed by atoms with E-state index in [0.717, 1.165) is 10.5 Å². The summed E-state index contributed by atoms with van der Waals surface area (Å²) in [5, 5.41) is 9.02. The molecule has 2 aliphatic rings. The quantitative estimate of drug-likeness (QED) is 0.654. The van der Waals surface area contributed by atoms with Gasteiger partial charge in [-0.25, -0.2) is 27.2 Å². The van der Waals surface area contributed by atoms with Gasteiger partial charge in [0.15, 0.2) is 5.76 Å². The van der Waals surface area contributed by atoms with Gasteiger partial charge in [0.1, 0.15) is 10.7 Å². The zero-order valence-corrected chi connectivity index (χ0v) is 19.1. The highest BCUT2D eigenvalue weighted by Crippen LogP contribution is 2.35. The number of hydrogen-bond acceptors (Lipinski definition) is 6. The fraction of sp³-hybridized carbons (Fsp3) is 0.167. The molecule has 0 fully saturated rings. The van der Waals surface area contributed by atoms with Gasteiger partial charge in [-0.3, -0.25) is 0 Å². The van der Waals surface area contributed by atoms with Gasteiger partial charge in [-0.15, -0.1) is 0 Å². The SMILES string of the molecule is COc1cccc(CC#CC2=CN3C(=O)N(Cc4ccc(C(=O)O)cc4)S(=O)(=O)C(C)=C3O2)c1. The number of carbonyl (C=O) groups excluding carboxylic acids is 1. The minimum Gasteiger partial charge on any atom is -0.497 e. The van der Waals surface area contributed by atoms with Crippen LogP contribution in [0.15, 0.2) is 71.3 Å². The number of urea groups is 1. The van der Waals surface area contributed by atoms with Crippen LogP contribution in [0.2, 0.25) is 0 Å². The van der Waals surface area contributed by atoms with Crippen LogP contribution in [-0.2, 0) is 27.7 Å². The molecular weight excluding hydrogens is 460 g/mol. The smallest absolute Gasteiger partial charge is 0.345 e. The number of carboxylic acid groups (broad SMARTS) is 1. The van der Waals surface area contributed by atoms with E-state index in [1.165, 1.54) is 37.4 Å². The van der Waals surface area contributed by atoms with Crippen LogP contribution in [0.5, 0.6) is 5.75 Å². The number of rotatable bonds is 5. The Balaban J connectivity index is 1.55. The van der Waals surface area contributed by atoms with Crippen molar-refractivity contribution < 1.29 is 32.6 Å². The van der Waals surface area contributed by atoms with Gasteiger partial charge in [-0.1, -0.05) is 30.2 Å². The lowest BCUT2D eigenvalue weighted by Gasteiger charge is -2.31. The number of amides is 2. The van der Waals surface area contributed by atoms with Gasteiger partial charge in [0.05, 0.1) is 25.4 Å². The van der Waals surface area contributed by atoms with Crippen molar-refractivity contribution >= 4 is 22.0 Å². The molecule has 2 heterocycles. The molecule has 0 spiro atoms. The average Bonchev–Trinajstić information content (AvgIpc) is 3.25. The van der Waals surface area contributed by atoms with Gasteiger partial charge >= 0.3 is 12.0 Å². The van der Waals surface area contributed by atoms with Gasteiger partial charge < -0.3 is 14.6 Å². The molecule has 2 aliphatic heterocycles. The Kier molecular flexibility index (Phi) is 6.04. The number of benzene rings is 2. The summed E-state index contributed by atoms with van der Waals surface area (Å²) in [6.07, 6.45) is 1.76. The highest BCUT2D eigenvalue weighted by Gasteiger charge is 2.44. The van der Waals surface area contributed by atoms with Crippen molar-refractivity contribution in [3.05, 3.63) is 88.0 Å². The van der Waals surface area contributed by atoms with Crippen molar-refractivity contribution in [3.8, 4) is 17.6 Å². The van der Waals surface area contributed by atoms with Crippen molar-refractivity contribution in [1.29, 1.82) is 0 Å². The molecule has 10 heteroatoms. The summed E-state index contributed by atoms with van der Waals surface area (Å²) in [5.74, 6) is 5.43. The number of sulfonamides is 1. The van der Waals surface area contributed by atoms with Crippen molar-refractivity contribution in [2.45, 2.75) is 19.9 Å². The summed E-state index contributed by atoms with van der Waals surface area (Å²) in [6, 6.07) is 12.2. The maximum Gasteiger partial charge on any atom is 0.345 e. The van der Waals surface area contributed by atoms with Crippen LogP contribution >= 0.6 is 0 Å². The monoisotopic (exact) mass is 480 g/mol. The molecule has 0 atom stereocenters. The summed E-state index contributed by atoms with van der Waals surface area (Å²) in [5.41, 5.74) is 1.45. The molecule has 2 aromatic rings.